The summed E-state index contributed by atoms with van der Waals surface area (Å²) in [5, 5.41) is 0. The predicted octanol–water partition coefficient (Wildman–Crippen LogP) is 3.68. The smallest absolute Gasteiger partial charge is 0.225 e. The highest BCUT2D eigenvalue weighted by Gasteiger charge is 2.30. The van der Waals surface area contributed by atoms with Crippen molar-refractivity contribution < 1.29 is 14.0 Å². The number of likely N-dealkylation sites (tertiary alicyclic amines) is 1. The topological polar surface area (TPSA) is 37.4 Å². The standard InChI is InChI=1S/C19H24FNO2/c20-17-8-4-14(5-9-17)16-3-1-2-12-21(13-16)19(23)15-6-10-18(22)11-7-15/h4-5,8-9,15-16H,1-3,6-7,10-13H2. The fraction of sp³-hybridized carbons (Fsp3) is 0.579. The van der Waals surface area contributed by atoms with Crippen molar-refractivity contribution in [3.8, 4) is 0 Å². The van der Waals surface area contributed by atoms with E-state index in [4.69, 9.17) is 0 Å². The number of carbonyl (C=O) groups is 2. The molecule has 0 aromatic heterocycles. The molecule has 2 fully saturated rings. The number of ketones is 1. The Morgan fingerprint density at radius 3 is 2.43 bits per heavy atom. The van der Waals surface area contributed by atoms with Crippen LogP contribution in [0, 0.1) is 11.7 Å². The molecular weight excluding hydrogens is 293 g/mol. The summed E-state index contributed by atoms with van der Waals surface area (Å²) in [6.07, 6.45) is 5.66. The Labute approximate surface area is 136 Å². The minimum Gasteiger partial charge on any atom is -0.342 e. The lowest BCUT2D eigenvalue weighted by Gasteiger charge is -2.30. The highest BCUT2D eigenvalue weighted by Crippen LogP contribution is 2.30. The largest absolute Gasteiger partial charge is 0.342 e. The molecule has 2 aliphatic rings. The molecule has 1 heterocycles. The molecule has 1 saturated heterocycles. The summed E-state index contributed by atoms with van der Waals surface area (Å²) in [6.45, 7) is 1.52. The molecule has 3 rings (SSSR count). The number of carbonyl (C=O) groups excluding carboxylic acids is 2. The van der Waals surface area contributed by atoms with E-state index >= 15 is 0 Å². The third-order valence-corrected chi connectivity index (χ3v) is 5.22. The average Bonchev–Trinajstić information content (AvgIpc) is 2.82. The molecule has 1 amide bonds. The van der Waals surface area contributed by atoms with Gasteiger partial charge < -0.3 is 4.90 Å². The zero-order valence-corrected chi connectivity index (χ0v) is 13.5. The Morgan fingerprint density at radius 2 is 1.74 bits per heavy atom. The minimum atomic E-state index is -0.220. The number of halogens is 1. The van der Waals surface area contributed by atoms with Gasteiger partial charge in [-0.25, -0.2) is 4.39 Å². The zero-order valence-electron chi connectivity index (χ0n) is 13.5. The SMILES string of the molecule is O=C1CCC(C(=O)N2CCCCC(c3ccc(F)cc3)C2)CC1. The lowest BCUT2D eigenvalue weighted by atomic mass is 9.87. The molecule has 0 N–H and O–H groups in total. The second-order valence-electron chi connectivity index (χ2n) is 6.84. The van der Waals surface area contributed by atoms with Crippen LogP contribution < -0.4 is 0 Å². The highest BCUT2D eigenvalue weighted by molar-refractivity contribution is 5.84. The van der Waals surface area contributed by atoms with Gasteiger partial charge in [-0.05, 0) is 43.4 Å². The van der Waals surface area contributed by atoms with Crippen molar-refractivity contribution in [3.05, 3.63) is 35.6 Å². The van der Waals surface area contributed by atoms with Crippen LogP contribution in [0.3, 0.4) is 0 Å². The van der Waals surface area contributed by atoms with Crippen LogP contribution in [0.25, 0.3) is 0 Å². The molecule has 23 heavy (non-hydrogen) atoms. The van der Waals surface area contributed by atoms with Crippen LogP contribution in [0.4, 0.5) is 4.39 Å². The van der Waals surface area contributed by atoms with Crippen LogP contribution in [0.2, 0.25) is 0 Å². The average molecular weight is 317 g/mol. The monoisotopic (exact) mass is 317 g/mol. The van der Waals surface area contributed by atoms with Gasteiger partial charge in [-0.2, -0.15) is 0 Å². The molecule has 0 bridgehead atoms. The summed E-state index contributed by atoms with van der Waals surface area (Å²) in [7, 11) is 0. The van der Waals surface area contributed by atoms with Crippen molar-refractivity contribution in [1.82, 2.24) is 4.90 Å². The molecule has 0 radical (unpaired) electrons. The van der Waals surface area contributed by atoms with Crippen LogP contribution in [0.1, 0.15) is 56.4 Å². The van der Waals surface area contributed by atoms with Crippen LogP contribution in [-0.4, -0.2) is 29.7 Å². The summed E-state index contributed by atoms with van der Waals surface area (Å²) in [6, 6.07) is 6.68. The van der Waals surface area contributed by atoms with E-state index < -0.39 is 0 Å². The van der Waals surface area contributed by atoms with Crippen molar-refractivity contribution in [2.24, 2.45) is 5.92 Å². The first-order chi connectivity index (χ1) is 11.1. The van der Waals surface area contributed by atoms with Gasteiger partial charge in [-0.15, -0.1) is 0 Å². The zero-order chi connectivity index (χ0) is 16.2. The van der Waals surface area contributed by atoms with E-state index in [-0.39, 0.29) is 29.3 Å². The number of benzene rings is 1. The van der Waals surface area contributed by atoms with Gasteiger partial charge in [0.2, 0.25) is 5.91 Å². The third-order valence-electron chi connectivity index (χ3n) is 5.22. The molecule has 1 saturated carbocycles. The number of hydrogen-bond donors (Lipinski definition) is 0. The fourth-order valence-electron chi connectivity index (χ4n) is 3.79. The van der Waals surface area contributed by atoms with Gasteiger partial charge >= 0.3 is 0 Å². The normalized spacial score (nSPS) is 23.6. The molecule has 124 valence electrons. The fourth-order valence-corrected chi connectivity index (χ4v) is 3.79. The van der Waals surface area contributed by atoms with Gasteiger partial charge in [0.25, 0.3) is 0 Å². The molecule has 1 aromatic carbocycles. The van der Waals surface area contributed by atoms with E-state index in [1.54, 1.807) is 0 Å². The minimum absolute atomic E-state index is 0.0136. The quantitative estimate of drug-likeness (QED) is 0.834. The van der Waals surface area contributed by atoms with Crippen LogP contribution in [0.15, 0.2) is 24.3 Å². The Bertz CT molecular complexity index is 559. The molecule has 3 nitrogen and oxygen atoms in total. The second-order valence-corrected chi connectivity index (χ2v) is 6.84. The number of nitrogens with zero attached hydrogens (tertiary/aromatic N) is 1. The summed E-state index contributed by atoms with van der Waals surface area (Å²) in [4.78, 5) is 26.2. The second kappa shape index (κ2) is 7.24. The van der Waals surface area contributed by atoms with Gasteiger partial charge in [-0.1, -0.05) is 18.6 Å². The highest BCUT2D eigenvalue weighted by atomic mass is 19.1. The summed E-state index contributed by atoms with van der Waals surface area (Å²) >= 11 is 0. The Morgan fingerprint density at radius 1 is 1.04 bits per heavy atom. The lowest BCUT2D eigenvalue weighted by molar-refractivity contribution is -0.137. The van der Waals surface area contributed by atoms with Crippen molar-refractivity contribution in [2.45, 2.75) is 50.9 Å². The van der Waals surface area contributed by atoms with E-state index in [0.29, 0.717) is 25.7 Å². The van der Waals surface area contributed by atoms with E-state index in [1.165, 1.54) is 12.1 Å². The number of rotatable bonds is 2. The van der Waals surface area contributed by atoms with Gasteiger partial charge in [0.1, 0.15) is 11.6 Å². The van der Waals surface area contributed by atoms with Gasteiger partial charge in [-0.3, -0.25) is 9.59 Å². The van der Waals surface area contributed by atoms with Crippen LogP contribution in [0.5, 0.6) is 0 Å². The number of Topliss-reactive ketones (excluding diaryl/α,β-unsaturated/α-hetero) is 1. The first-order valence-electron chi connectivity index (χ1n) is 8.69. The predicted molar refractivity (Wildman–Crippen MR) is 86.5 cm³/mol. The third kappa shape index (κ3) is 3.98. The maximum Gasteiger partial charge on any atom is 0.225 e. The van der Waals surface area contributed by atoms with Crippen molar-refractivity contribution in [2.75, 3.05) is 13.1 Å². The van der Waals surface area contributed by atoms with Crippen LogP contribution >= 0.6 is 0 Å². The Balaban J connectivity index is 1.68. The molecule has 1 unspecified atom stereocenters. The maximum atomic E-state index is 13.1. The van der Waals surface area contributed by atoms with E-state index in [0.717, 1.165) is 37.9 Å². The molecule has 4 heteroatoms. The molecule has 1 aromatic rings. The molecule has 1 atom stereocenters. The Kier molecular flexibility index (Phi) is 5.09. The molecular formula is C19H24FNO2. The number of hydrogen-bond acceptors (Lipinski definition) is 2. The maximum absolute atomic E-state index is 13.1. The first kappa shape index (κ1) is 16.2. The summed E-state index contributed by atoms with van der Waals surface area (Å²) in [5.41, 5.74) is 1.12. The van der Waals surface area contributed by atoms with Crippen molar-refractivity contribution in [3.63, 3.8) is 0 Å². The molecule has 0 spiro atoms. The Hall–Kier alpha value is -1.71. The van der Waals surface area contributed by atoms with E-state index in [2.05, 4.69) is 0 Å². The van der Waals surface area contributed by atoms with Crippen molar-refractivity contribution >= 4 is 11.7 Å². The van der Waals surface area contributed by atoms with Crippen LogP contribution in [-0.2, 0) is 9.59 Å². The van der Waals surface area contributed by atoms with E-state index in [9.17, 15) is 14.0 Å². The molecule has 1 aliphatic carbocycles. The van der Waals surface area contributed by atoms with Gasteiger partial charge in [0.05, 0.1) is 0 Å². The summed E-state index contributed by atoms with van der Waals surface area (Å²) < 4.78 is 13.1. The molecule has 1 aliphatic heterocycles. The first-order valence-corrected chi connectivity index (χ1v) is 8.69. The lowest BCUT2D eigenvalue weighted by Crippen LogP contribution is -2.39. The van der Waals surface area contributed by atoms with E-state index in [1.807, 2.05) is 17.0 Å². The number of amides is 1. The van der Waals surface area contributed by atoms with Gasteiger partial charge in [0.15, 0.2) is 0 Å². The summed E-state index contributed by atoms with van der Waals surface area (Å²) in [5.74, 6) is 0.578. The van der Waals surface area contributed by atoms with Crippen molar-refractivity contribution in [1.29, 1.82) is 0 Å². The van der Waals surface area contributed by atoms with Gasteiger partial charge in [0, 0.05) is 37.8 Å².